The van der Waals surface area contributed by atoms with Crippen molar-refractivity contribution in [2.75, 3.05) is 6.54 Å². The largest absolute Gasteiger partial charge is 0.486 e. The van der Waals surface area contributed by atoms with Crippen LogP contribution in [0.15, 0.2) is 24.3 Å². The van der Waals surface area contributed by atoms with Crippen molar-refractivity contribution in [2.45, 2.75) is 26.5 Å². The molecule has 0 radical (unpaired) electrons. The first-order chi connectivity index (χ1) is 9.19. The molecule has 0 fully saturated rings. The molecule has 1 aromatic carbocycles. The normalized spacial score (nSPS) is 12.4. The lowest BCUT2D eigenvalue weighted by Crippen LogP contribution is -2.17. The van der Waals surface area contributed by atoms with Gasteiger partial charge in [-0.3, -0.25) is 0 Å². The van der Waals surface area contributed by atoms with Crippen LogP contribution in [0.4, 0.5) is 0 Å². The maximum atomic E-state index is 5.89. The maximum Gasteiger partial charge on any atom is 0.155 e. The van der Waals surface area contributed by atoms with Crippen LogP contribution in [0.25, 0.3) is 0 Å². The quantitative estimate of drug-likeness (QED) is 0.887. The summed E-state index contributed by atoms with van der Waals surface area (Å²) in [5, 5.41) is 14.1. The zero-order valence-electron chi connectivity index (χ0n) is 10.9. The van der Waals surface area contributed by atoms with Crippen LogP contribution in [0, 0.1) is 0 Å². The fraction of sp³-hybridized carbons (Fsp3) is 0.385. The lowest BCUT2D eigenvalue weighted by molar-refractivity contribution is 0.304. The Morgan fingerprint density at radius 3 is 3.00 bits per heavy atom. The summed E-state index contributed by atoms with van der Waals surface area (Å²) >= 11 is 7.46. The maximum absolute atomic E-state index is 5.89. The molecule has 0 saturated heterocycles. The Kier molecular flexibility index (Phi) is 5.13. The molecular weight excluding hydrogens is 282 g/mol. The second-order valence-corrected chi connectivity index (χ2v) is 5.59. The molecule has 0 aliphatic heterocycles. The van der Waals surface area contributed by atoms with Crippen LogP contribution < -0.4 is 10.1 Å². The van der Waals surface area contributed by atoms with Gasteiger partial charge >= 0.3 is 0 Å². The van der Waals surface area contributed by atoms with E-state index < -0.39 is 0 Å². The summed E-state index contributed by atoms with van der Waals surface area (Å²) in [6, 6.07) is 7.55. The molecule has 0 bridgehead atoms. The molecule has 1 aromatic heterocycles. The van der Waals surface area contributed by atoms with E-state index in [2.05, 4.69) is 29.4 Å². The first-order valence-corrected chi connectivity index (χ1v) is 7.32. The predicted molar refractivity (Wildman–Crippen MR) is 77.8 cm³/mol. The summed E-state index contributed by atoms with van der Waals surface area (Å²) in [5.41, 5.74) is 0. The minimum atomic E-state index is 0.224. The summed E-state index contributed by atoms with van der Waals surface area (Å²) in [6.07, 6.45) is 0. The molecule has 0 spiro atoms. The third kappa shape index (κ3) is 4.16. The van der Waals surface area contributed by atoms with E-state index in [1.54, 1.807) is 17.4 Å². The SMILES string of the molecule is CCNC(C)c1nnc(COc2cccc(Cl)c2)s1. The van der Waals surface area contributed by atoms with Crippen molar-refractivity contribution >= 4 is 22.9 Å². The van der Waals surface area contributed by atoms with Gasteiger partial charge in [0.25, 0.3) is 0 Å². The molecule has 1 unspecified atom stereocenters. The zero-order valence-corrected chi connectivity index (χ0v) is 12.5. The Labute approximate surface area is 121 Å². The predicted octanol–water partition coefficient (Wildman–Crippen LogP) is 3.44. The van der Waals surface area contributed by atoms with Gasteiger partial charge in [0.05, 0.1) is 6.04 Å². The van der Waals surface area contributed by atoms with Crippen molar-refractivity contribution < 1.29 is 4.74 Å². The van der Waals surface area contributed by atoms with E-state index in [9.17, 15) is 0 Å². The number of halogens is 1. The van der Waals surface area contributed by atoms with Crippen molar-refractivity contribution in [1.29, 1.82) is 0 Å². The van der Waals surface area contributed by atoms with Gasteiger partial charge in [-0.25, -0.2) is 0 Å². The van der Waals surface area contributed by atoms with Gasteiger partial charge in [0.2, 0.25) is 0 Å². The lowest BCUT2D eigenvalue weighted by atomic mass is 10.3. The molecule has 102 valence electrons. The van der Waals surface area contributed by atoms with Gasteiger partial charge in [-0.05, 0) is 31.7 Å². The number of nitrogens with zero attached hydrogens (tertiary/aromatic N) is 2. The van der Waals surface area contributed by atoms with Gasteiger partial charge in [0.15, 0.2) is 5.01 Å². The number of benzene rings is 1. The highest BCUT2D eigenvalue weighted by molar-refractivity contribution is 7.11. The van der Waals surface area contributed by atoms with Gasteiger partial charge in [-0.1, -0.05) is 35.9 Å². The molecule has 1 heterocycles. The van der Waals surface area contributed by atoms with Gasteiger partial charge in [0.1, 0.15) is 17.4 Å². The van der Waals surface area contributed by atoms with Crippen LogP contribution in [-0.4, -0.2) is 16.7 Å². The van der Waals surface area contributed by atoms with Crippen molar-refractivity contribution in [2.24, 2.45) is 0 Å². The Balaban J connectivity index is 1.93. The number of nitrogens with one attached hydrogen (secondary N) is 1. The molecule has 0 aliphatic carbocycles. The number of hydrogen-bond acceptors (Lipinski definition) is 5. The van der Waals surface area contributed by atoms with E-state index in [1.165, 1.54) is 0 Å². The molecule has 0 amide bonds. The summed E-state index contributed by atoms with van der Waals surface area (Å²) in [7, 11) is 0. The molecular formula is C13H16ClN3OS. The minimum Gasteiger partial charge on any atom is -0.486 e. The van der Waals surface area contributed by atoms with Crippen LogP contribution in [0.2, 0.25) is 5.02 Å². The topological polar surface area (TPSA) is 47.0 Å². The average molecular weight is 298 g/mol. The molecule has 19 heavy (non-hydrogen) atoms. The number of rotatable bonds is 6. The monoisotopic (exact) mass is 297 g/mol. The summed E-state index contributed by atoms with van der Waals surface area (Å²) in [6.45, 7) is 5.47. The van der Waals surface area contributed by atoms with Crippen LogP contribution in [0.3, 0.4) is 0 Å². The van der Waals surface area contributed by atoms with E-state index in [0.29, 0.717) is 11.6 Å². The number of hydrogen-bond donors (Lipinski definition) is 1. The summed E-state index contributed by atoms with van der Waals surface area (Å²) in [4.78, 5) is 0. The lowest BCUT2D eigenvalue weighted by Gasteiger charge is -2.06. The summed E-state index contributed by atoms with van der Waals surface area (Å²) < 4.78 is 5.63. The Morgan fingerprint density at radius 1 is 1.42 bits per heavy atom. The second kappa shape index (κ2) is 6.84. The first-order valence-electron chi connectivity index (χ1n) is 6.13. The van der Waals surface area contributed by atoms with E-state index in [4.69, 9.17) is 16.3 Å². The fourth-order valence-electron chi connectivity index (χ4n) is 1.60. The van der Waals surface area contributed by atoms with E-state index in [1.807, 2.05) is 18.2 Å². The molecule has 4 nitrogen and oxygen atoms in total. The molecule has 6 heteroatoms. The van der Waals surface area contributed by atoms with Crippen LogP contribution in [-0.2, 0) is 6.61 Å². The molecule has 1 N–H and O–H groups in total. The molecule has 2 aromatic rings. The first kappa shape index (κ1) is 14.2. The average Bonchev–Trinajstić information content (AvgIpc) is 2.86. The summed E-state index contributed by atoms with van der Waals surface area (Å²) in [5.74, 6) is 0.740. The zero-order chi connectivity index (χ0) is 13.7. The second-order valence-electron chi connectivity index (χ2n) is 4.06. The molecule has 0 saturated carbocycles. The highest BCUT2D eigenvalue weighted by atomic mass is 35.5. The third-order valence-electron chi connectivity index (χ3n) is 2.52. The Hall–Kier alpha value is -1.17. The molecule has 0 aliphatic rings. The van der Waals surface area contributed by atoms with Crippen LogP contribution in [0.1, 0.15) is 29.9 Å². The smallest absolute Gasteiger partial charge is 0.155 e. The fourth-order valence-corrected chi connectivity index (χ4v) is 2.56. The van der Waals surface area contributed by atoms with Gasteiger partial charge in [-0.15, -0.1) is 10.2 Å². The number of aromatic nitrogens is 2. The molecule has 2 rings (SSSR count). The van der Waals surface area contributed by atoms with E-state index >= 15 is 0 Å². The van der Waals surface area contributed by atoms with Crippen molar-refractivity contribution in [3.8, 4) is 5.75 Å². The number of ether oxygens (including phenoxy) is 1. The third-order valence-corrected chi connectivity index (χ3v) is 3.84. The molecule has 1 atom stereocenters. The van der Waals surface area contributed by atoms with Crippen molar-refractivity contribution in [3.05, 3.63) is 39.3 Å². The van der Waals surface area contributed by atoms with Gasteiger partial charge in [-0.2, -0.15) is 0 Å². The minimum absolute atomic E-state index is 0.224. The van der Waals surface area contributed by atoms with Crippen LogP contribution in [0.5, 0.6) is 5.75 Å². The van der Waals surface area contributed by atoms with Crippen molar-refractivity contribution in [3.63, 3.8) is 0 Å². The highest BCUT2D eigenvalue weighted by Crippen LogP contribution is 2.21. The van der Waals surface area contributed by atoms with Crippen LogP contribution >= 0.6 is 22.9 Å². The van der Waals surface area contributed by atoms with Gasteiger partial charge < -0.3 is 10.1 Å². The van der Waals surface area contributed by atoms with E-state index in [0.717, 1.165) is 22.3 Å². The Bertz CT molecular complexity index is 532. The van der Waals surface area contributed by atoms with Gasteiger partial charge in [0, 0.05) is 5.02 Å². The van der Waals surface area contributed by atoms with Crippen molar-refractivity contribution in [1.82, 2.24) is 15.5 Å². The Morgan fingerprint density at radius 2 is 2.26 bits per heavy atom. The standard InChI is InChI=1S/C13H16ClN3OS/c1-3-15-9(2)13-17-16-12(19-13)8-18-11-6-4-5-10(14)7-11/h4-7,9,15H,3,8H2,1-2H3. The highest BCUT2D eigenvalue weighted by Gasteiger charge is 2.11. The van der Waals surface area contributed by atoms with E-state index in [-0.39, 0.29) is 6.04 Å².